The van der Waals surface area contributed by atoms with Crippen molar-refractivity contribution in [2.45, 2.75) is 64.6 Å². The number of carbonyl (C=O) groups excluding carboxylic acids is 2. The van der Waals surface area contributed by atoms with Gasteiger partial charge in [-0.2, -0.15) is 0 Å². The molecule has 2 amide bonds. The van der Waals surface area contributed by atoms with E-state index >= 15 is 0 Å². The number of likely N-dealkylation sites (tertiary alicyclic amines) is 1. The van der Waals surface area contributed by atoms with E-state index in [0.29, 0.717) is 39.0 Å². The van der Waals surface area contributed by atoms with Gasteiger partial charge >= 0.3 is 6.09 Å². The van der Waals surface area contributed by atoms with Crippen molar-refractivity contribution in [1.29, 1.82) is 0 Å². The van der Waals surface area contributed by atoms with E-state index in [0.717, 1.165) is 24.0 Å². The molecule has 8 nitrogen and oxygen atoms in total. The molecule has 1 fully saturated rings. The first-order valence-electron chi connectivity index (χ1n) is 12.7. The number of nitrogens with zero attached hydrogens (tertiary/aromatic N) is 1. The number of nitrogens with one attached hydrogen (secondary N) is 1. The largest absolute Gasteiger partial charge is 0.490 e. The molecule has 1 saturated heterocycles. The number of benzene rings is 1. The molecular weight excluding hydrogens is 467 g/mol. The van der Waals surface area contributed by atoms with Crippen LogP contribution in [0.25, 0.3) is 5.57 Å². The summed E-state index contributed by atoms with van der Waals surface area (Å²) in [6, 6.07) is 4.97. The van der Waals surface area contributed by atoms with Crippen molar-refractivity contribution in [3.63, 3.8) is 0 Å². The predicted octanol–water partition coefficient (Wildman–Crippen LogP) is 3.50. The lowest BCUT2D eigenvalue weighted by molar-refractivity contribution is -0.125. The molecule has 3 rings (SSSR count). The Morgan fingerprint density at radius 3 is 2.53 bits per heavy atom. The minimum atomic E-state index is -0.961. The van der Waals surface area contributed by atoms with Crippen molar-refractivity contribution < 1.29 is 33.7 Å². The maximum absolute atomic E-state index is 14.8. The zero-order valence-corrected chi connectivity index (χ0v) is 21.5. The minimum absolute atomic E-state index is 0.0257. The Morgan fingerprint density at radius 2 is 1.94 bits per heavy atom. The molecule has 1 unspecified atom stereocenters. The first-order chi connectivity index (χ1) is 17.1. The molecule has 1 aliphatic carbocycles. The van der Waals surface area contributed by atoms with Gasteiger partial charge in [-0.15, -0.1) is 0 Å². The Balaban J connectivity index is 1.46. The average Bonchev–Trinajstić information content (AvgIpc) is 2.85. The molecule has 2 atom stereocenters. The molecule has 0 saturated carbocycles. The first kappa shape index (κ1) is 27.9. The third-order valence-corrected chi connectivity index (χ3v) is 6.55. The third-order valence-electron chi connectivity index (χ3n) is 6.55. The smallest absolute Gasteiger partial charge is 0.410 e. The molecule has 36 heavy (non-hydrogen) atoms. The van der Waals surface area contributed by atoms with Crippen LogP contribution >= 0.6 is 0 Å². The topological polar surface area (TPSA) is 108 Å². The van der Waals surface area contributed by atoms with Crippen LogP contribution in [0, 0.1) is 17.7 Å². The van der Waals surface area contributed by atoms with E-state index in [1.54, 1.807) is 11.0 Å². The predicted molar refractivity (Wildman–Crippen MR) is 134 cm³/mol. The summed E-state index contributed by atoms with van der Waals surface area (Å²) in [4.78, 5) is 26.1. The molecule has 9 heteroatoms. The van der Waals surface area contributed by atoms with Gasteiger partial charge in [0.15, 0.2) is 11.6 Å². The van der Waals surface area contributed by atoms with Crippen LogP contribution in [0.3, 0.4) is 0 Å². The summed E-state index contributed by atoms with van der Waals surface area (Å²) >= 11 is 0. The quantitative estimate of drug-likeness (QED) is 0.498. The molecular formula is C27H39FN2O6. The second-order valence-electron chi connectivity index (χ2n) is 10.6. The fourth-order valence-electron chi connectivity index (χ4n) is 4.40. The highest BCUT2D eigenvalue weighted by Gasteiger charge is 2.27. The Kier molecular flexibility index (Phi) is 9.73. The summed E-state index contributed by atoms with van der Waals surface area (Å²) in [6.45, 7) is 6.76. The number of allylic oxidation sites excluding steroid dienone is 2. The summed E-state index contributed by atoms with van der Waals surface area (Å²) in [5, 5.41) is 20.9. The fourth-order valence-corrected chi connectivity index (χ4v) is 4.40. The highest BCUT2D eigenvalue weighted by atomic mass is 19.1. The number of aliphatic hydroxyl groups excluding tert-OH is 2. The molecule has 0 bridgehead atoms. The second kappa shape index (κ2) is 12.5. The third kappa shape index (κ3) is 8.20. The Labute approximate surface area is 212 Å². The van der Waals surface area contributed by atoms with Gasteiger partial charge in [-0.05, 0) is 82.1 Å². The van der Waals surface area contributed by atoms with E-state index in [1.807, 2.05) is 32.9 Å². The van der Waals surface area contributed by atoms with Gasteiger partial charge in [0, 0.05) is 25.6 Å². The van der Waals surface area contributed by atoms with Crippen LogP contribution in [0.2, 0.25) is 0 Å². The van der Waals surface area contributed by atoms with Crippen LogP contribution in [0.1, 0.15) is 58.4 Å². The first-order valence-corrected chi connectivity index (χ1v) is 12.7. The summed E-state index contributed by atoms with van der Waals surface area (Å²) in [5.41, 5.74) is 1.25. The number of carbonyl (C=O) groups is 2. The molecule has 200 valence electrons. The number of rotatable bonds is 8. The van der Waals surface area contributed by atoms with E-state index in [1.165, 1.54) is 6.07 Å². The number of aliphatic hydroxyl groups is 2. The zero-order valence-electron chi connectivity index (χ0n) is 21.5. The maximum atomic E-state index is 14.8. The SMILES string of the molecule is CC(C)(C)OC(=O)N1CCC(COc2ccc(C3=CCC(C(=O)NC[C@H](O)CO)CC3)cc2F)CC1. The van der Waals surface area contributed by atoms with Gasteiger partial charge in [0.25, 0.3) is 0 Å². The molecule has 0 aromatic heterocycles. The lowest BCUT2D eigenvalue weighted by Crippen LogP contribution is -2.42. The van der Waals surface area contributed by atoms with Gasteiger partial charge in [-0.1, -0.05) is 12.1 Å². The van der Waals surface area contributed by atoms with Crippen LogP contribution < -0.4 is 10.1 Å². The Morgan fingerprint density at radius 1 is 1.22 bits per heavy atom. The monoisotopic (exact) mass is 506 g/mol. The summed E-state index contributed by atoms with van der Waals surface area (Å²) in [5.74, 6) is -0.314. The molecule has 1 aromatic rings. The fraction of sp³-hybridized carbons (Fsp3) is 0.630. The summed E-state index contributed by atoms with van der Waals surface area (Å²) in [7, 11) is 0. The van der Waals surface area contributed by atoms with E-state index < -0.39 is 24.1 Å². The molecule has 3 N–H and O–H groups in total. The average molecular weight is 507 g/mol. The number of ether oxygens (including phenoxy) is 2. The Bertz CT molecular complexity index is 937. The van der Waals surface area contributed by atoms with Crippen molar-refractivity contribution in [2.75, 3.05) is 32.8 Å². The van der Waals surface area contributed by atoms with Crippen LogP contribution in [0.5, 0.6) is 5.75 Å². The van der Waals surface area contributed by atoms with Gasteiger partial charge in [-0.3, -0.25) is 4.79 Å². The van der Waals surface area contributed by atoms with Gasteiger partial charge in [0.05, 0.1) is 19.3 Å². The number of hydrogen-bond donors (Lipinski definition) is 3. The lowest BCUT2D eigenvalue weighted by Gasteiger charge is -2.33. The van der Waals surface area contributed by atoms with Crippen molar-refractivity contribution in [3.8, 4) is 5.75 Å². The zero-order chi connectivity index (χ0) is 26.3. The summed E-state index contributed by atoms with van der Waals surface area (Å²) < 4.78 is 26.0. The van der Waals surface area contributed by atoms with Crippen molar-refractivity contribution in [1.82, 2.24) is 10.2 Å². The standard InChI is InChI=1S/C27H39FN2O6/c1-27(2,3)36-26(34)30-12-10-18(11-13-30)17-35-24-9-8-21(14-23(24)28)19-4-6-20(7-5-19)25(33)29-15-22(32)16-31/h4,8-9,14,18,20,22,31-32H,5-7,10-13,15-17H2,1-3H3,(H,29,33)/t20?,22-/m0/s1. The maximum Gasteiger partial charge on any atom is 0.410 e. The second-order valence-corrected chi connectivity index (χ2v) is 10.6. The highest BCUT2D eigenvalue weighted by Crippen LogP contribution is 2.32. The molecule has 1 aromatic carbocycles. The van der Waals surface area contributed by atoms with E-state index in [-0.39, 0.29) is 36.1 Å². The molecule has 0 radical (unpaired) electrons. The minimum Gasteiger partial charge on any atom is -0.490 e. The van der Waals surface area contributed by atoms with Gasteiger partial charge in [0.1, 0.15) is 5.60 Å². The Hall–Kier alpha value is -2.65. The van der Waals surface area contributed by atoms with Gasteiger partial charge in [0.2, 0.25) is 5.91 Å². The molecule has 1 aliphatic heterocycles. The van der Waals surface area contributed by atoms with Crippen LogP contribution in [-0.4, -0.2) is 71.7 Å². The number of piperidine rings is 1. The van der Waals surface area contributed by atoms with E-state index in [9.17, 15) is 19.1 Å². The van der Waals surface area contributed by atoms with Crippen LogP contribution in [-0.2, 0) is 9.53 Å². The lowest BCUT2D eigenvalue weighted by atomic mass is 9.86. The van der Waals surface area contributed by atoms with Gasteiger partial charge in [-0.25, -0.2) is 9.18 Å². The number of hydrogen-bond acceptors (Lipinski definition) is 6. The number of halogens is 1. The summed E-state index contributed by atoms with van der Waals surface area (Å²) in [6.07, 6.45) is 4.08. The molecule has 1 heterocycles. The van der Waals surface area contributed by atoms with Crippen LogP contribution in [0.4, 0.5) is 9.18 Å². The highest BCUT2D eigenvalue weighted by molar-refractivity contribution is 5.80. The van der Waals surface area contributed by atoms with E-state index in [2.05, 4.69) is 5.32 Å². The van der Waals surface area contributed by atoms with Crippen molar-refractivity contribution in [3.05, 3.63) is 35.7 Å². The van der Waals surface area contributed by atoms with Crippen molar-refractivity contribution >= 4 is 17.6 Å². The van der Waals surface area contributed by atoms with Crippen LogP contribution in [0.15, 0.2) is 24.3 Å². The molecule has 2 aliphatic rings. The molecule has 0 spiro atoms. The normalized spacial score (nSPS) is 19.9. The van der Waals surface area contributed by atoms with E-state index in [4.69, 9.17) is 14.6 Å². The number of amides is 2. The van der Waals surface area contributed by atoms with Gasteiger partial charge < -0.3 is 29.9 Å². The van der Waals surface area contributed by atoms with Crippen molar-refractivity contribution in [2.24, 2.45) is 11.8 Å².